The molecule has 3 nitrogen and oxygen atoms in total. The molecule has 0 bridgehead atoms. The summed E-state index contributed by atoms with van der Waals surface area (Å²) >= 11 is 0. The number of benzene rings is 1. The van der Waals surface area contributed by atoms with E-state index in [0.29, 0.717) is 6.42 Å². The maximum atomic E-state index is 12.7. The lowest BCUT2D eigenvalue weighted by molar-refractivity contribution is 0.144. The van der Waals surface area contributed by atoms with Crippen molar-refractivity contribution in [2.75, 3.05) is 6.16 Å². The van der Waals surface area contributed by atoms with E-state index in [0.717, 1.165) is 11.1 Å². The summed E-state index contributed by atoms with van der Waals surface area (Å²) in [5.74, 6) is 0. The topological polar surface area (TPSA) is 35.5 Å². The molecule has 0 radical (unpaired) electrons. The minimum atomic E-state index is -3.12. The number of rotatable bonds is 8. The highest BCUT2D eigenvalue weighted by atomic mass is 31.2. The molecule has 4 heteroatoms. The quantitative estimate of drug-likeness (QED) is 0.509. The number of allylic oxidation sites excluding steroid dienone is 1. The van der Waals surface area contributed by atoms with E-state index in [2.05, 4.69) is 6.58 Å². The van der Waals surface area contributed by atoms with Gasteiger partial charge in [-0.15, -0.1) is 0 Å². The van der Waals surface area contributed by atoms with E-state index >= 15 is 0 Å². The molecule has 0 saturated heterocycles. The van der Waals surface area contributed by atoms with Crippen LogP contribution in [0, 0.1) is 0 Å². The van der Waals surface area contributed by atoms with Crippen LogP contribution in [-0.2, 0) is 20.0 Å². The fraction of sp³-hybridized carbons (Fsp3) is 0.500. The van der Waals surface area contributed by atoms with E-state index in [4.69, 9.17) is 9.05 Å². The van der Waals surface area contributed by atoms with E-state index in [-0.39, 0.29) is 18.4 Å². The SMILES string of the molecule is C=C(Cc1ccccc1)CP(=O)(OC(C)C)OC(C)C. The van der Waals surface area contributed by atoms with Crippen LogP contribution in [0.1, 0.15) is 33.3 Å². The third-order valence-electron chi connectivity index (χ3n) is 2.46. The highest BCUT2D eigenvalue weighted by Crippen LogP contribution is 2.51. The van der Waals surface area contributed by atoms with Gasteiger partial charge in [-0.05, 0) is 39.7 Å². The maximum absolute atomic E-state index is 12.7. The van der Waals surface area contributed by atoms with Gasteiger partial charge in [0, 0.05) is 0 Å². The molecule has 1 rings (SSSR count). The summed E-state index contributed by atoms with van der Waals surface area (Å²) in [4.78, 5) is 0. The normalized spacial score (nSPS) is 12.1. The molecule has 0 aliphatic carbocycles. The van der Waals surface area contributed by atoms with Crippen molar-refractivity contribution in [2.24, 2.45) is 0 Å². The van der Waals surface area contributed by atoms with Crippen molar-refractivity contribution >= 4 is 7.60 Å². The summed E-state index contributed by atoms with van der Waals surface area (Å²) in [6.45, 7) is 11.4. The molecule has 0 fully saturated rings. The average molecular weight is 296 g/mol. The van der Waals surface area contributed by atoms with Gasteiger partial charge in [0.2, 0.25) is 0 Å². The van der Waals surface area contributed by atoms with E-state index < -0.39 is 7.60 Å². The van der Waals surface area contributed by atoms with Crippen molar-refractivity contribution < 1.29 is 13.6 Å². The first-order chi connectivity index (χ1) is 9.31. The lowest BCUT2D eigenvalue weighted by atomic mass is 10.1. The summed E-state index contributed by atoms with van der Waals surface area (Å²) in [7, 11) is -3.12. The molecule has 0 saturated carbocycles. The van der Waals surface area contributed by atoms with E-state index in [9.17, 15) is 4.57 Å². The Morgan fingerprint density at radius 2 is 1.60 bits per heavy atom. The smallest absolute Gasteiger partial charge is 0.306 e. The minimum absolute atomic E-state index is 0.135. The van der Waals surface area contributed by atoms with Crippen molar-refractivity contribution in [1.29, 1.82) is 0 Å². The minimum Gasteiger partial charge on any atom is -0.306 e. The van der Waals surface area contributed by atoms with Crippen LogP contribution in [0.2, 0.25) is 0 Å². The molecule has 0 N–H and O–H groups in total. The number of hydrogen-bond acceptors (Lipinski definition) is 3. The lowest BCUT2D eigenvalue weighted by Gasteiger charge is -2.23. The average Bonchev–Trinajstić information content (AvgIpc) is 2.26. The number of hydrogen-bond donors (Lipinski definition) is 0. The predicted octanol–water partition coefficient (Wildman–Crippen LogP) is 4.83. The van der Waals surface area contributed by atoms with Crippen molar-refractivity contribution in [1.82, 2.24) is 0 Å². The monoisotopic (exact) mass is 296 g/mol. The van der Waals surface area contributed by atoms with Crippen LogP contribution < -0.4 is 0 Å². The van der Waals surface area contributed by atoms with Crippen molar-refractivity contribution in [3.8, 4) is 0 Å². The Morgan fingerprint density at radius 3 is 2.05 bits per heavy atom. The van der Waals surface area contributed by atoms with Crippen LogP contribution in [0.5, 0.6) is 0 Å². The third-order valence-corrected chi connectivity index (χ3v) is 4.78. The standard InChI is InChI=1S/C16H25O3P/c1-13(2)18-20(17,19-14(3)4)12-15(5)11-16-9-7-6-8-10-16/h6-10,13-14H,5,11-12H2,1-4H3. The maximum Gasteiger partial charge on any atom is 0.335 e. The summed E-state index contributed by atoms with van der Waals surface area (Å²) in [5, 5.41) is 0. The van der Waals surface area contributed by atoms with Gasteiger partial charge < -0.3 is 9.05 Å². The Morgan fingerprint density at radius 1 is 1.10 bits per heavy atom. The fourth-order valence-corrected chi connectivity index (χ4v) is 4.10. The summed E-state index contributed by atoms with van der Waals surface area (Å²) in [6.07, 6.45) is 0.680. The van der Waals surface area contributed by atoms with Crippen LogP contribution in [0.15, 0.2) is 42.5 Å². The molecule has 20 heavy (non-hydrogen) atoms. The van der Waals surface area contributed by atoms with E-state index in [1.54, 1.807) is 0 Å². The molecule has 1 aromatic carbocycles. The van der Waals surface area contributed by atoms with Crippen molar-refractivity contribution in [2.45, 2.75) is 46.3 Å². The highest BCUT2D eigenvalue weighted by molar-refractivity contribution is 7.54. The Balaban J connectivity index is 2.69. The molecule has 0 aliphatic rings. The lowest BCUT2D eigenvalue weighted by Crippen LogP contribution is -2.11. The largest absolute Gasteiger partial charge is 0.335 e. The predicted molar refractivity (Wildman–Crippen MR) is 84.2 cm³/mol. The van der Waals surface area contributed by atoms with Gasteiger partial charge in [0.1, 0.15) is 0 Å². The van der Waals surface area contributed by atoms with Gasteiger partial charge in [-0.3, -0.25) is 4.57 Å². The van der Waals surface area contributed by atoms with Crippen LogP contribution in [0.25, 0.3) is 0 Å². The van der Waals surface area contributed by atoms with Gasteiger partial charge in [0.25, 0.3) is 0 Å². The molecule has 0 spiro atoms. The second-order valence-electron chi connectivity index (χ2n) is 5.49. The van der Waals surface area contributed by atoms with E-state index in [1.165, 1.54) is 0 Å². The first kappa shape index (κ1) is 17.2. The zero-order chi connectivity index (χ0) is 15.2. The highest BCUT2D eigenvalue weighted by Gasteiger charge is 2.28. The third kappa shape index (κ3) is 6.51. The van der Waals surface area contributed by atoms with Gasteiger partial charge in [-0.1, -0.05) is 42.5 Å². The van der Waals surface area contributed by atoms with Crippen LogP contribution in [0.3, 0.4) is 0 Å². The zero-order valence-electron chi connectivity index (χ0n) is 12.8. The Kier molecular flexibility index (Phi) is 6.67. The molecular formula is C16H25O3P. The molecule has 1 aromatic rings. The summed E-state index contributed by atoms with van der Waals surface area (Å²) in [6, 6.07) is 10.0. The second kappa shape index (κ2) is 7.78. The summed E-state index contributed by atoms with van der Waals surface area (Å²) < 4.78 is 23.8. The molecule has 0 aliphatic heterocycles. The van der Waals surface area contributed by atoms with Crippen LogP contribution in [-0.4, -0.2) is 18.4 Å². The molecule has 0 atom stereocenters. The zero-order valence-corrected chi connectivity index (χ0v) is 13.7. The van der Waals surface area contributed by atoms with Crippen LogP contribution in [0.4, 0.5) is 0 Å². The van der Waals surface area contributed by atoms with Crippen molar-refractivity contribution in [3.05, 3.63) is 48.0 Å². The molecular weight excluding hydrogens is 271 g/mol. The van der Waals surface area contributed by atoms with E-state index in [1.807, 2.05) is 58.0 Å². The van der Waals surface area contributed by atoms with Gasteiger partial charge in [-0.25, -0.2) is 0 Å². The Bertz CT molecular complexity index is 452. The molecule has 0 unspecified atom stereocenters. The molecule has 0 heterocycles. The Hall–Kier alpha value is -0.890. The first-order valence-corrected chi connectivity index (χ1v) is 8.70. The van der Waals surface area contributed by atoms with Gasteiger partial charge in [0.05, 0.1) is 18.4 Å². The van der Waals surface area contributed by atoms with Crippen molar-refractivity contribution in [3.63, 3.8) is 0 Å². The molecule has 0 aromatic heterocycles. The Labute approximate surface area is 122 Å². The van der Waals surface area contributed by atoms with Crippen LogP contribution >= 0.6 is 7.60 Å². The molecule has 0 amide bonds. The summed E-state index contributed by atoms with van der Waals surface area (Å²) in [5.41, 5.74) is 2.01. The molecule has 112 valence electrons. The first-order valence-electron chi connectivity index (χ1n) is 6.97. The van der Waals surface area contributed by atoms with Gasteiger partial charge in [0.15, 0.2) is 0 Å². The van der Waals surface area contributed by atoms with Gasteiger partial charge >= 0.3 is 7.60 Å². The second-order valence-corrected chi connectivity index (χ2v) is 7.45. The van der Waals surface area contributed by atoms with Gasteiger partial charge in [-0.2, -0.15) is 0 Å². The fourth-order valence-electron chi connectivity index (χ4n) is 1.96.